The van der Waals surface area contributed by atoms with Crippen molar-refractivity contribution in [3.63, 3.8) is 0 Å². The van der Waals surface area contributed by atoms with E-state index in [0.717, 1.165) is 4.90 Å². The summed E-state index contributed by atoms with van der Waals surface area (Å²) in [6.07, 6.45) is 0.525. The number of carbonyl (C=O) groups excluding carboxylic acids is 4. The molecule has 0 bridgehead atoms. The summed E-state index contributed by atoms with van der Waals surface area (Å²) in [7, 11) is 0. The van der Waals surface area contributed by atoms with Crippen molar-refractivity contribution in [2.24, 2.45) is 5.92 Å². The molecule has 0 aliphatic carbocycles. The number of para-hydroxylation sites is 1. The fourth-order valence-electron chi connectivity index (χ4n) is 3.63. The van der Waals surface area contributed by atoms with Crippen LogP contribution in [0.5, 0.6) is 0 Å². The number of hydrogen-bond acceptors (Lipinski definition) is 5. The van der Waals surface area contributed by atoms with Crippen LogP contribution < -0.4 is 10.2 Å². The summed E-state index contributed by atoms with van der Waals surface area (Å²) in [6.45, 7) is 6.41. The van der Waals surface area contributed by atoms with Crippen molar-refractivity contribution in [2.75, 3.05) is 23.4 Å². The second kappa shape index (κ2) is 10.8. The van der Waals surface area contributed by atoms with Gasteiger partial charge in [-0.25, -0.2) is 14.5 Å². The molecule has 0 aromatic heterocycles. The molecular weight excluding hydrogens is 422 g/mol. The maximum Gasteiger partial charge on any atom is 0.338 e. The molecule has 0 unspecified atom stereocenters. The number of amides is 4. The third-order valence-corrected chi connectivity index (χ3v) is 5.32. The maximum absolute atomic E-state index is 13.2. The van der Waals surface area contributed by atoms with E-state index >= 15 is 0 Å². The molecule has 8 heteroatoms. The lowest BCUT2D eigenvalue weighted by Gasteiger charge is -2.22. The minimum absolute atomic E-state index is 0.185. The van der Waals surface area contributed by atoms with Crippen molar-refractivity contribution >= 4 is 35.2 Å². The first-order valence-electron chi connectivity index (χ1n) is 11.1. The van der Waals surface area contributed by atoms with Crippen LogP contribution in [0.4, 0.5) is 16.2 Å². The van der Waals surface area contributed by atoms with E-state index in [2.05, 4.69) is 5.32 Å². The highest BCUT2D eigenvalue weighted by atomic mass is 16.5. The lowest BCUT2D eigenvalue weighted by atomic mass is 10.1. The van der Waals surface area contributed by atoms with E-state index < -0.39 is 29.9 Å². The highest BCUT2D eigenvalue weighted by Gasteiger charge is 2.46. The molecule has 4 amide bonds. The van der Waals surface area contributed by atoms with Crippen LogP contribution in [-0.2, 0) is 14.3 Å². The number of carbonyl (C=O) groups is 4. The van der Waals surface area contributed by atoms with Gasteiger partial charge >= 0.3 is 12.0 Å². The number of imide groups is 1. The molecule has 1 aliphatic heterocycles. The highest BCUT2D eigenvalue weighted by Crippen LogP contribution is 2.27. The summed E-state index contributed by atoms with van der Waals surface area (Å²) in [6, 6.07) is 13.8. The normalized spacial score (nSPS) is 15.8. The Bertz CT molecular complexity index is 1020. The Morgan fingerprint density at radius 2 is 1.79 bits per heavy atom. The largest absolute Gasteiger partial charge is 0.462 e. The molecule has 33 heavy (non-hydrogen) atoms. The van der Waals surface area contributed by atoms with Crippen LogP contribution in [-0.4, -0.2) is 47.9 Å². The number of nitrogens with zero attached hydrogens (tertiary/aromatic N) is 2. The Hall–Kier alpha value is -3.68. The maximum atomic E-state index is 13.2. The van der Waals surface area contributed by atoms with Crippen LogP contribution in [0.15, 0.2) is 54.6 Å². The summed E-state index contributed by atoms with van der Waals surface area (Å²) in [4.78, 5) is 53.7. The van der Waals surface area contributed by atoms with Gasteiger partial charge in [-0.1, -0.05) is 38.1 Å². The fraction of sp³-hybridized carbons (Fsp3) is 0.360. The van der Waals surface area contributed by atoms with E-state index in [1.54, 1.807) is 55.5 Å². The van der Waals surface area contributed by atoms with E-state index in [9.17, 15) is 19.2 Å². The Morgan fingerprint density at radius 3 is 2.45 bits per heavy atom. The lowest BCUT2D eigenvalue weighted by molar-refractivity contribution is -0.124. The second-order valence-electron chi connectivity index (χ2n) is 8.24. The van der Waals surface area contributed by atoms with Gasteiger partial charge in [0.15, 0.2) is 0 Å². The molecule has 1 aliphatic rings. The van der Waals surface area contributed by atoms with Gasteiger partial charge in [0.1, 0.15) is 6.04 Å². The standard InChI is InChI=1S/C25H29N3O5/c1-4-33-24(31)18-9-8-10-19(15-18)26-22(29)16-21-23(30)28(20-11-6-5-7-12-20)25(32)27(21)14-13-17(2)3/h5-12,15,17,21H,4,13-14,16H2,1-3H3,(H,26,29)/t21-/m0/s1. The summed E-state index contributed by atoms with van der Waals surface area (Å²) in [5.41, 5.74) is 1.21. The van der Waals surface area contributed by atoms with Crippen LogP contribution >= 0.6 is 0 Å². The van der Waals surface area contributed by atoms with Gasteiger partial charge in [0.25, 0.3) is 5.91 Å². The topological polar surface area (TPSA) is 96.0 Å². The SMILES string of the molecule is CCOC(=O)c1cccc(NC(=O)C[C@H]2C(=O)N(c3ccccc3)C(=O)N2CCC(C)C)c1. The highest BCUT2D eigenvalue weighted by molar-refractivity contribution is 6.22. The minimum Gasteiger partial charge on any atom is -0.462 e. The van der Waals surface area contributed by atoms with Gasteiger partial charge in [-0.3, -0.25) is 9.59 Å². The Morgan fingerprint density at radius 1 is 1.06 bits per heavy atom. The van der Waals surface area contributed by atoms with Gasteiger partial charge < -0.3 is 15.0 Å². The number of anilines is 2. The van der Waals surface area contributed by atoms with Crippen LogP contribution in [0.25, 0.3) is 0 Å². The smallest absolute Gasteiger partial charge is 0.338 e. The molecule has 8 nitrogen and oxygen atoms in total. The van der Waals surface area contributed by atoms with Gasteiger partial charge in [0.05, 0.1) is 24.3 Å². The van der Waals surface area contributed by atoms with E-state index in [0.29, 0.717) is 35.8 Å². The van der Waals surface area contributed by atoms with E-state index in [1.165, 1.54) is 11.0 Å². The molecular formula is C25H29N3O5. The number of ether oxygens (including phenoxy) is 1. The molecule has 0 radical (unpaired) electrons. The van der Waals surface area contributed by atoms with Crippen molar-refractivity contribution < 1.29 is 23.9 Å². The van der Waals surface area contributed by atoms with Gasteiger partial charge in [-0.05, 0) is 49.6 Å². The van der Waals surface area contributed by atoms with Crippen LogP contribution in [0, 0.1) is 5.92 Å². The first-order valence-corrected chi connectivity index (χ1v) is 11.1. The van der Waals surface area contributed by atoms with Crippen LogP contribution in [0.3, 0.4) is 0 Å². The summed E-state index contributed by atoms with van der Waals surface area (Å²) >= 11 is 0. The number of urea groups is 1. The quantitative estimate of drug-likeness (QED) is 0.458. The van der Waals surface area contributed by atoms with Crippen molar-refractivity contribution in [3.8, 4) is 0 Å². The van der Waals surface area contributed by atoms with Gasteiger partial charge in [0.2, 0.25) is 5.91 Å². The monoisotopic (exact) mass is 451 g/mol. The van der Waals surface area contributed by atoms with E-state index in [1.807, 2.05) is 13.8 Å². The zero-order valence-electron chi connectivity index (χ0n) is 19.1. The number of rotatable bonds is 9. The lowest BCUT2D eigenvalue weighted by Crippen LogP contribution is -2.39. The minimum atomic E-state index is -0.898. The van der Waals surface area contributed by atoms with E-state index in [-0.39, 0.29) is 13.0 Å². The zero-order valence-corrected chi connectivity index (χ0v) is 19.1. The van der Waals surface area contributed by atoms with Gasteiger partial charge in [-0.15, -0.1) is 0 Å². The number of benzene rings is 2. The van der Waals surface area contributed by atoms with Crippen molar-refractivity contribution in [3.05, 3.63) is 60.2 Å². The Kier molecular flexibility index (Phi) is 7.82. The Balaban J connectivity index is 1.77. The van der Waals surface area contributed by atoms with Gasteiger partial charge in [0, 0.05) is 12.2 Å². The molecule has 1 saturated heterocycles. The molecule has 1 fully saturated rings. The predicted octanol–water partition coefficient (Wildman–Crippen LogP) is 4.08. The fourth-order valence-corrected chi connectivity index (χ4v) is 3.63. The molecule has 1 atom stereocenters. The first kappa shape index (κ1) is 24.0. The molecule has 0 spiro atoms. The predicted molar refractivity (Wildman–Crippen MR) is 125 cm³/mol. The molecule has 1 heterocycles. The molecule has 174 valence electrons. The first-order chi connectivity index (χ1) is 15.8. The molecule has 3 rings (SSSR count). The third kappa shape index (κ3) is 5.77. The van der Waals surface area contributed by atoms with Crippen LogP contribution in [0.2, 0.25) is 0 Å². The van der Waals surface area contributed by atoms with Gasteiger partial charge in [-0.2, -0.15) is 0 Å². The average Bonchev–Trinajstić information content (AvgIpc) is 3.02. The molecule has 0 saturated carbocycles. The Labute approximate surface area is 193 Å². The van der Waals surface area contributed by atoms with Crippen molar-refractivity contribution in [1.29, 1.82) is 0 Å². The molecule has 2 aromatic rings. The third-order valence-electron chi connectivity index (χ3n) is 5.32. The number of nitrogens with one attached hydrogen (secondary N) is 1. The molecule has 2 aromatic carbocycles. The average molecular weight is 452 g/mol. The number of hydrogen-bond donors (Lipinski definition) is 1. The van der Waals surface area contributed by atoms with E-state index in [4.69, 9.17) is 4.74 Å². The van der Waals surface area contributed by atoms with Crippen LogP contribution in [0.1, 0.15) is 44.0 Å². The summed E-state index contributed by atoms with van der Waals surface area (Å²) < 4.78 is 4.99. The van der Waals surface area contributed by atoms with Crippen molar-refractivity contribution in [1.82, 2.24) is 4.90 Å². The number of esters is 1. The zero-order chi connectivity index (χ0) is 24.0. The van der Waals surface area contributed by atoms with Crippen molar-refractivity contribution in [2.45, 2.75) is 39.7 Å². The molecule has 1 N–H and O–H groups in total. The summed E-state index contributed by atoms with van der Waals surface area (Å²) in [5, 5.41) is 2.73. The summed E-state index contributed by atoms with van der Waals surface area (Å²) in [5.74, 6) is -1.00. The second-order valence-corrected chi connectivity index (χ2v) is 8.24.